The zero-order valence-electron chi connectivity index (χ0n) is 12.5. The fraction of sp³-hybridized carbons (Fsp3) is 0.333. The van der Waals surface area contributed by atoms with Gasteiger partial charge in [0.1, 0.15) is 11.3 Å². The van der Waals surface area contributed by atoms with E-state index in [0.717, 1.165) is 0 Å². The summed E-state index contributed by atoms with van der Waals surface area (Å²) in [5.74, 6) is -0.615. The second kappa shape index (κ2) is 5.12. The van der Waals surface area contributed by atoms with Gasteiger partial charge in [0.05, 0.1) is 12.6 Å². The van der Waals surface area contributed by atoms with Crippen LogP contribution in [-0.4, -0.2) is 29.3 Å². The van der Waals surface area contributed by atoms with Crippen molar-refractivity contribution in [2.24, 2.45) is 0 Å². The molecule has 1 aromatic carbocycles. The van der Waals surface area contributed by atoms with Crippen molar-refractivity contribution in [1.29, 1.82) is 0 Å². The van der Waals surface area contributed by atoms with Gasteiger partial charge < -0.3 is 15.2 Å². The maximum atomic E-state index is 12.4. The van der Waals surface area contributed by atoms with E-state index in [1.807, 2.05) is 0 Å². The number of hydrogen-bond donors (Lipinski definition) is 1. The highest BCUT2D eigenvalue weighted by Gasteiger charge is 2.25. The summed E-state index contributed by atoms with van der Waals surface area (Å²) in [4.78, 5) is 24.2. The first-order valence-corrected chi connectivity index (χ1v) is 6.45. The van der Waals surface area contributed by atoms with Crippen molar-refractivity contribution in [2.75, 3.05) is 12.8 Å². The van der Waals surface area contributed by atoms with Gasteiger partial charge >= 0.3 is 12.1 Å². The molecule has 0 spiro atoms. The number of benzene rings is 1. The standard InChI is InChI=1S/C15H18N2O4/c1-15(2,3)21-14(19)17-11-6-5-10(16)7-9(11)8-12(17)13(18)20-4/h5-8H,16H2,1-4H3. The van der Waals surface area contributed by atoms with E-state index in [9.17, 15) is 9.59 Å². The minimum absolute atomic E-state index is 0.104. The van der Waals surface area contributed by atoms with Crippen LogP contribution in [0.15, 0.2) is 24.3 Å². The first-order chi connectivity index (χ1) is 9.73. The van der Waals surface area contributed by atoms with Crippen molar-refractivity contribution in [1.82, 2.24) is 4.57 Å². The molecule has 2 rings (SSSR count). The Morgan fingerprint density at radius 3 is 2.43 bits per heavy atom. The van der Waals surface area contributed by atoms with Crippen molar-refractivity contribution in [3.63, 3.8) is 0 Å². The lowest BCUT2D eigenvalue weighted by molar-refractivity contribution is 0.0490. The Morgan fingerprint density at radius 1 is 1.19 bits per heavy atom. The van der Waals surface area contributed by atoms with Gasteiger partial charge in [-0.05, 0) is 45.0 Å². The number of nitrogen functional groups attached to an aromatic ring is 1. The zero-order valence-corrected chi connectivity index (χ0v) is 12.5. The number of esters is 1. The van der Waals surface area contributed by atoms with Gasteiger partial charge in [0.25, 0.3) is 0 Å². The number of rotatable bonds is 1. The van der Waals surface area contributed by atoms with Crippen molar-refractivity contribution in [2.45, 2.75) is 26.4 Å². The van der Waals surface area contributed by atoms with Crippen LogP contribution in [0.25, 0.3) is 10.9 Å². The average Bonchev–Trinajstić information content (AvgIpc) is 2.74. The van der Waals surface area contributed by atoms with Gasteiger partial charge in [-0.2, -0.15) is 0 Å². The fourth-order valence-corrected chi connectivity index (χ4v) is 1.99. The molecule has 112 valence electrons. The number of methoxy groups -OCH3 is 1. The van der Waals surface area contributed by atoms with Gasteiger partial charge in [-0.3, -0.25) is 0 Å². The van der Waals surface area contributed by atoms with E-state index < -0.39 is 17.7 Å². The summed E-state index contributed by atoms with van der Waals surface area (Å²) in [7, 11) is 1.26. The SMILES string of the molecule is COC(=O)c1cc2cc(N)ccc2n1C(=O)OC(C)(C)C. The number of ether oxygens (including phenoxy) is 2. The van der Waals surface area contributed by atoms with Crippen LogP contribution in [0, 0.1) is 0 Å². The van der Waals surface area contributed by atoms with Gasteiger partial charge in [-0.25, -0.2) is 14.2 Å². The Balaban J connectivity index is 2.63. The molecule has 0 atom stereocenters. The third-order valence-electron chi connectivity index (χ3n) is 2.80. The molecule has 0 radical (unpaired) electrons. The predicted molar refractivity (Wildman–Crippen MR) is 79.3 cm³/mol. The van der Waals surface area contributed by atoms with E-state index in [1.165, 1.54) is 11.7 Å². The van der Waals surface area contributed by atoms with Crippen molar-refractivity contribution < 1.29 is 19.1 Å². The monoisotopic (exact) mass is 290 g/mol. The molecule has 0 amide bonds. The Morgan fingerprint density at radius 2 is 1.86 bits per heavy atom. The maximum absolute atomic E-state index is 12.4. The molecule has 2 N–H and O–H groups in total. The average molecular weight is 290 g/mol. The molecule has 6 heteroatoms. The van der Waals surface area contributed by atoms with Gasteiger partial charge in [-0.15, -0.1) is 0 Å². The van der Waals surface area contributed by atoms with E-state index in [4.69, 9.17) is 15.2 Å². The van der Waals surface area contributed by atoms with Crippen molar-refractivity contribution in [3.05, 3.63) is 30.0 Å². The number of carbonyl (C=O) groups excluding carboxylic acids is 2. The minimum atomic E-state index is -0.672. The van der Waals surface area contributed by atoms with E-state index in [1.54, 1.807) is 45.0 Å². The molecule has 0 aliphatic rings. The fourth-order valence-electron chi connectivity index (χ4n) is 1.99. The van der Waals surface area contributed by atoms with Gasteiger partial charge in [0.2, 0.25) is 0 Å². The molecule has 0 saturated carbocycles. The van der Waals surface area contributed by atoms with Gasteiger partial charge in [0.15, 0.2) is 0 Å². The highest BCUT2D eigenvalue weighted by Crippen LogP contribution is 2.24. The van der Waals surface area contributed by atoms with Crippen LogP contribution < -0.4 is 5.73 Å². The van der Waals surface area contributed by atoms with Gasteiger partial charge in [0, 0.05) is 11.1 Å². The highest BCUT2D eigenvalue weighted by atomic mass is 16.6. The Kier molecular flexibility index (Phi) is 3.63. The number of anilines is 1. The second-order valence-corrected chi connectivity index (χ2v) is 5.66. The first-order valence-electron chi connectivity index (χ1n) is 6.45. The molecule has 0 saturated heterocycles. The first kappa shape index (κ1) is 14.9. The number of aromatic nitrogens is 1. The summed E-state index contributed by atoms with van der Waals surface area (Å²) >= 11 is 0. The number of hydrogen-bond acceptors (Lipinski definition) is 5. The van der Waals surface area contributed by atoms with E-state index in [2.05, 4.69) is 0 Å². The minimum Gasteiger partial charge on any atom is -0.464 e. The lowest BCUT2D eigenvalue weighted by atomic mass is 10.2. The Labute approximate surface area is 122 Å². The molecule has 2 aromatic rings. The normalized spacial score (nSPS) is 11.4. The third kappa shape index (κ3) is 2.99. The number of nitrogens with two attached hydrogens (primary N) is 1. The molecule has 0 bridgehead atoms. The Hall–Kier alpha value is -2.50. The van der Waals surface area contributed by atoms with Crippen LogP contribution in [-0.2, 0) is 9.47 Å². The molecule has 0 unspecified atom stereocenters. The van der Waals surface area contributed by atoms with Crippen LogP contribution in [0.1, 0.15) is 31.3 Å². The molecule has 1 aromatic heterocycles. The molecule has 21 heavy (non-hydrogen) atoms. The topological polar surface area (TPSA) is 83.5 Å². The molecule has 6 nitrogen and oxygen atoms in total. The highest BCUT2D eigenvalue weighted by molar-refractivity contribution is 6.02. The van der Waals surface area contributed by atoms with Crippen molar-refractivity contribution >= 4 is 28.7 Å². The molecule has 1 heterocycles. The summed E-state index contributed by atoms with van der Waals surface area (Å²) in [5.41, 5.74) is 6.24. The van der Waals surface area contributed by atoms with Crippen LogP contribution in [0.3, 0.4) is 0 Å². The Bertz CT molecular complexity index is 710. The summed E-state index contributed by atoms with van der Waals surface area (Å²) in [6.07, 6.45) is -0.636. The van der Waals surface area contributed by atoms with Crippen LogP contribution in [0.5, 0.6) is 0 Å². The molecule has 0 aliphatic carbocycles. The molecular weight excluding hydrogens is 272 g/mol. The smallest absolute Gasteiger partial charge is 0.419 e. The lowest BCUT2D eigenvalue weighted by Gasteiger charge is -2.20. The van der Waals surface area contributed by atoms with E-state index >= 15 is 0 Å². The predicted octanol–water partition coefficient (Wildman–Crippen LogP) is 2.79. The molecule has 0 fully saturated rings. The molecule has 0 aliphatic heterocycles. The summed E-state index contributed by atoms with van der Waals surface area (Å²) in [6, 6.07) is 6.56. The van der Waals surface area contributed by atoms with Crippen LogP contribution in [0.2, 0.25) is 0 Å². The largest absolute Gasteiger partial charge is 0.464 e. The van der Waals surface area contributed by atoms with Gasteiger partial charge in [-0.1, -0.05) is 0 Å². The van der Waals surface area contributed by atoms with E-state index in [-0.39, 0.29) is 5.69 Å². The lowest BCUT2D eigenvalue weighted by Crippen LogP contribution is -2.29. The molecular formula is C15H18N2O4. The quantitative estimate of drug-likeness (QED) is 0.645. The zero-order chi connectivity index (χ0) is 15.8. The number of carbonyl (C=O) groups is 2. The maximum Gasteiger partial charge on any atom is 0.419 e. The summed E-state index contributed by atoms with van der Waals surface area (Å²) in [5, 5.41) is 0.668. The van der Waals surface area contributed by atoms with Crippen LogP contribution in [0.4, 0.5) is 10.5 Å². The van der Waals surface area contributed by atoms with Crippen LogP contribution >= 0.6 is 0 Å². The third-order valence-corrected chi connectivity index (χ3v) is 2.80. The number of fused-ring (bicyclic) bond motifs is 1. The summed E-state index contributed by atoms with van der Waals surface area (Å²) < 4.78 is 11.3. The number of nitrogens with zero attached hydrogens (tertiary/aromatic N) is 1. The summed E-state index contributed by atoms with van der Waals surface area (Å²) in [6.45, 7) is 5.27. The van der Waals surface area contributed by atoms with Crippen molar-refractivity contribution in [3.8, 4) is 0 Å². The van der Waals surface area contributed by atoms with E-state index in [0.29, 0.717) is 16.6 Å². The second-order valence-electron chi connectivity index (χ2n) is 5.66.